The minimum absolute atomic E-state index is 0.356. The van der Waals surface area contributed by atoms with Gasteiger partial charge in [-0.25, -0.2) is 0 Å². The highest BCUT2D eigenvalue weighted by Gasteiger charge is 2.43. The van der Waals surface area contributed by atoms with Crippen LogP contribution >= 0.6 is 0 Å². The predicted molar refractivity (Wildman–Crippen MR) is 82.2 cm³/mol. The summed E-state index contributed by atoms with van der Waals surface area (Å²) in [4.78, 5) is 0. The second kappa shape index (κ2) is 5.17. The summed E-state index contributed by atoms with van der Waals surface area (Å²) < 4.78 is 5.81. The van der Waals surface area contributed by atoms with E-state index in [9.17, 15) is 0 Å². The third-order valence-corrected chi connectivity index (χ3v) is 3.95. The summed E-state index contributed by atoms with van der Waals surface area (Å²) in [5, 5.41) is 3.29. The van der Waals surface area contributed by atoms with Crippen LogP contribution < -0.4 is 15.8 Å². The molecule has 1 aliphatic rings. The first-order valence-electron chi connectivity index (χ1n) is 7.00. The molecular formula is C17H20N2O. The van der Waals surface area contributed by atoms with E-state index < -0.39 is 0 Å². The van der Waals surface area contributed by atoms with Crippen molar-refractivity contribution < 1.29 is 4.74 Å². The number of hydrogen-bond donors (Lipinski definition) is 2. The topological polar surface area (TPSA) is 47.3 Å². The number of hydrogen-bond acceptors (Lipinski definition) is 3. The standard InChI is InChI=1S/C17H20N2O/c1-19-12-17(10-11-17)13-2-6-15(7-3-13)20-16-8-4-14(18)5-9-16/h2-9,19H,10-12,18H2,1H3. The third kappa shape index (κ3) is 2.63. The maximum Gasteiger partial charge on any atom is 0.127 e. The molecule has 1 fully saturated rings. The van der Waals surface area contributed by atoms with E-state index in [-0.39, 0.29) is 0 Å². The number of nitrogens with two attached hydrogens (primary N) is 1. The smallest absolute Gasteiger partial charge is 0.127 e. The monoisotopic (exact) mass is 268 g/mol. The van der Waals surface area contributed by atoms with Gasteiger partial charge in [-0.15, -0.1) is 0 Å². The second-order valence-electron chi connectivity index (χ2n) is 5.51. The van der Waals surface area contributed by atoms with E-state index in [1.165, 1.54) is 18.4 Å². The highest BCUT2D eigenvalue weighted by molar-refractivity contribution is 5.44. The fourth-order valence-electron chi connectivity index (χ4n) is 2.61. The fourth-order valence-corrected chi connectivity index (χ4v) is 2.61. The van der Waals surface area contributed by atoms with Crippen LogP contribution in [0.4, 0.5) is 5.69 Å². The molecule has 0 saturated heterocycles. The Hall–Kier alpha value is -2.00. The van der Waals surface area contributed by atoms with E-state index in [1.54, 1.807) is 0 Å². The SMILES string of the molecule is CNCC1(c2ccc(Oc3ccc(N)cc3)cc2)CC1. The van der Waals surface area contributed by atoms with E-state index in [2.05, 4.69) is 17.4 Å². The number of benzene rings is 2. The lowest BCUT2D eigenvalue weighted by Crippen LogP contribution is -2.23. The van der Waals surface area contributed by atoms with Crippen LogP contribution in [-0.4, -0.2) is 13.6 Å². The molecule has 0 amide bonds. The maximum atomic E-state index is 5.81. The van der Waals surface area contributed by atoms with Crippen molar-refractivity contribution in [2.75, 3.05) is 19.3 Å². The molecule has 1 aliphatic carbocycles. The molecule has 0 spiro atoms. The molecule has 20 heavy (non-hydrogen) atoms. The Balaban J connectivity index is 1.72. The first-order chi connectivity index (χ1) is 9.72. The second-order valence-corrected chi connectivity index (χ2v) is 5.51. The molecular weight excluding hydrogens is 248 g/mol. The molecule has 0 aliphatic heterocycles. The molecule has 0 bridgehead atoms. The van der Waals surface area contributed by atoms with Crippen LogP contribution in [0.25, 0.3) is 0 Å². The summed E-state index contributed by atoms with van der Waals surface area (Å²) in [7, 11) is 2.01. The minimum atomic E-state index is 0.356. The van der Waals surface area contributed by atoms with Gasteiger partial charge in [-0.3, -0.25) is 0 Å². The van der Waals surface area contributed by atoms with Crippen molar-refractivity contribution in [1.29, 1.82) is 0 Å². The van der Waals surface area contributed by atoms with Gasteiger partial charge in [0.25, 0.3) is 0 Å². The van der Waals surface area contributed by atoms with Gasteiger partial charge in [0.15, 0.2) is 0 Å². The lowest BCUT2D eigenvalue weighted by atomic mass is 9.96. The number of likely N-dealkylation sites (N-methyl/N-ethyl adjacent to an activating group) is 1. The van der Waals surface area contributed by atoms with Gasteiger partial charge in [0.1, 0.15) is 11.5 Å². The van der Waals surface area contributed by atoms with Gasteiger partial charge in [0.05, 0.1) is 0 Å². The van der Waals surface area contributed by atoms with E-state index in [1.807, 2.05) is 43.4 Å². The third-order valence-electron chi connectivity index (χ3n) is 3.95. The Morgan fingerprint density at radius 1 is 1.00 bits per heavy atom. The van der Waals surface area contributed by atoms with Crippen molar-refractivity contribution in [3.63, 3.8) is 0 Å². The van der Waals surface area contributed by atoms with Crippen molar-refractivity contribution in [1.82, 2.24) is 5.32 Å². The van der Waals surface area contributed by atoms with Crippen LogP contribution in [0.5, 0.6) is 11.5 Å². The summed E-state index contributed by atoms with van der Waals surface area (Å²) in [5.41, 5.74) is 8.16. The number of nitrogens with one attached hydrogen (secondary N) is 1. The largest absolute Gasteiger partial charge is 0.457 e. The van der Waals surface area contributed by atoms with E-state index in [0.29, 0.717) is 5.41 Å². The zero-order chi connectivity index (χ0) is 14.0. The Bertz CT molecular complexity index is 571. The van der Waals surface area contributed by atoms with Crippen molar-refractivity contribution in [2.24, 2.45) is 0 Å². The summed E-state index contributed by atoms with van der Waals surface area (Å²) in [6, 6.07) is 15.9. The first-order valence-corrected chi connectivity index (χ1v) is 7.00. The van der Waals surface area contributed by atoms with Crippen molar-refractivity contribution >= 4 is 5.69 Å². The molecule has 1 saturated carbocycles. The number of anilines is 1. The van der Waals surface area contributed by atoms with Crippen LogP contribution in [0.1, 0.15) is 18.4 Å². The fraction of sp³-hybridized carbons (Fsp3) is 0.294. The molecule has 3 nitrogen and oxygen atoms in total. The summed E-state index contributed by atoms with van der Waals surface area (Å²) in [6.07, 6.45) is 2.54. The minimum Gasteiger partial charge on any atom is -0.457 e. The summed E-state index contributed by atoms with van der Waals surface area (Å²) >= 11 is 0. The molecule has 0 heterocycles. The quantitative estimate of drug-likeness (QED) is 0.818. The highest BCUT2D eigenvalue weighted by Crippen LogP contribution is 2.47. The molecule has 3 rings (SSSR count). The number of ether oxygens (including phenoxy) is 1. The zero-order valence-corrected chi connectivity index (χ0v) is 11.7. The Kier molecular flexibility index (Phi) is 3.36. The van der Waals surface area contributed by atoms with Crippen LogP contribution in [0.3, 0.4) is 0 Å². The molecule has 0 unspecified atom stereocenters. The van der Waals surface area contributed by atoms with Crippen LogP contribution in [0, 0.1) is 0 Å². The number of rotatable bonds is 5. The van der Waals surface area contributed by atoms with Gasteiger partial charge >= 0.3 is 0 Å². The van der Waals surface area contributed by atoms with Crippen LogP contribution in [-0.2, 0) is 5.41 Å². The molecule has 3 heteroatoms. The average Bonchev–Trinajstić information content (AvgIpc) is 3.24. The average molecular weight is 268 g/mol. The lowest BCUT2D eigenvalue weighted by molar-refractivity contribution is 0.482. The Labute approximate surface area is 119 Å². The summed E-state index contributed by atoms with van der Waals surface area (Å²) in [5.74, 6) is 1.67. The maximum absolute atomic E-state index is 5.81. The lowest BCUT2D eigenvalue weighted by Gasteiger charge is -2.15. The Morgan fingerprint density at radius 2 is 1.55 bits per heavy atom. The molecule has 2 aromatic rings. The van der Waals surface area contributed by atoms with Gasteiger partial charge in [-0.05, 0) is 61.9 Å². The van der Waals surface area contributed by atoms with Crippen LogP contribution in [0.2, 0.25) is 0 Å². The summed E-state index contributed by atoms with van der Waals surface area (Å²) in [6.45, 7) is 1.05. The molecule has 0 radical (unpaired) electrons. The molecule has 2 aromatic carbocycles. The predicted octanol–water partition coefficient (Wildman–Crippen LogP) is 3.31. The molecule has 0 atom stereocenters. The molecule has 104 valence electrons. The van der Waals surface area contributed by atoms with Gasteiger partial charge < -0.3 is 15.8 Å². The van der Waals surface area contributed by atoms with E-state index in [4.69, 9.17) is 10.5 Å². The normalized spacial score (nSPS) is 15.8. The van der Waals surface area contributed by atoms with Gasteiger partial charge in [0.2, 0.25) is 0 Å². The van der Waals surface area contributed by atoms with E-state index >= 15 is 0 Å². The van der Waals surface area contributed by atoms with Gasteiger partial charge in [-0.1, -0.05) is 12.1 Å². The first kappa shape index (κ1) is 13.0. The van der Waals surface area contributed by atoms with Gasteiger partial charge in [-0.2, -0.15) is 0 Å². The van der Waals surface area contributed by atoms with Crippen molar-refractivity contribution in [3.05, 3.63) is 54.1 Å². The van der Waals surface area contributed by atoms with Crippen molar-refractivity contribution in [3.8, 4) is 11.5 Å². The van der Waals surface area contributed by atoms with Gasteiger partial charge in [0, 0.05) is 17.6 Å². The van der Waals surface area contributed by atoms with Crippen LogP contribution in [0.15, 0.2) is 48.5 Å². The molecule has 0 aromatic heterocycles. The zero-order valence-electron chi connectivity index (χ0n) is 11.7. The number of nitrogen functional groups attached to an aromatic ring is 1. The highest BCUT2D eigenvalue weighted by atomic mass is 16.5. The van der Waals surface area contributed by atoms with Crippen molar-refractivity contribution in [2.45, 2.75) is 18.3 Å². The molecule has 3 N–H and O–H groups in total. The van der Waals surface area contributed by atoms with E-state index in [0.717, 1.165) is 23.7 Å². The Morgan fingerprint density at radius 3 is 2.05 bits per heavy atom.